The van der Waals surface area contributed by atoms with Crippen molar-refractivity contribution >= 4 is 34.4 Å². The number of alkyl halides is 3. The number of thioether (sulfide) groups is 1. The number of nitrogens with zero attached hydrogens (tertiary/aromatic N) is 2. The smallest absolute Gasteiger partial charge is 0.231 e. The molecule has 1 aromatic rings. The standard InChI is InChI=1S/C6H4F3IN2S/c1-13-4-3(6(7,8)9)2-11-5(10)12-4/h2H,1H3. The fraction of sp³-hybridized carbons (Fsp3) is 0.333. The quantitative estimate of drug-likeness (QED) is 0.344. The van der Waals surface area contributed by atoms with Crippen LogP contribution in [-0.2, 0) is 6.18 Å². The maximum absolute atomic E-state index is 12.3. The van der Waals surface area contributed by atoms with Gasteiger partial charge in [-0.1, -0.05) is 0 Å². The van der Waals surface area contributed by atoms with Crippen molar-refractivity contribution in [2.45, 2.75) is 11.2 Å². The van der Waals surface area contributed by atoms with Crippen molar-refractivity contribution in [3.8, 4) is 0 Å². The summed E-state index contributed by atoms with van der Waals surface area (Å²) in [5.74, 6) is 0. The third-order valence-corrected chi connectivity index (χ3v) is 2.44. The van der Waals surface area contributed by atoms with Gasteiger partial charge in [0.05, 0.1) is 0 Å². The predicted octanol–water partition coefficient (Wildman–Crippen LogP) is 2.82. The Morgan fingerprint density at radius 2 is 2.08 bits per heavy atom. The Bertz CT molecular complexity index is 315. The van der Waals surface area contributed by atoms with Crippen LogP contribution >= 0.6 is 34.4 Å². The molecule has 0 fully saturated rings. The highest BCUT2D eigenvalue weighted by atomic mass is 127. The van der Waals surface area contributed by atoms with E-state index in [1.54, 1.807) is 28.8 Å². The highest BCUT2D eigenvalue weighted by molar-refractivity contribution is 14.1. The van der Waals surface area contributed by atoms with Crippen LogP contribution in [-0.4, -0.2) is 16.2 Å². The molecule has 0 saturated carbocycles. The molecule has 0 aliphatic heterocycles. The lowest BCUT2D eigenvalue weighted by atomic mass is 10.3. The number of hydrogen-bond acceptors (Lipinski definition) is 3. The average Bonchev–Trinajstić information content (AvgIpc) is 2.01. The van der Waals surface area contributed by atoms with E-state index in [1.165, 1.54) is 0 Å². The van der Waals surface area contributed by atoms with Crippen LogP contribution in [0.3, 0.4) is 0 Å². The van der Waals surface area contributed by atoms with E-state index in [2.05, 4.69) is 9.97 Å². The van der Waals surface area contributed by atoms with E-state index in [-0.39, 0.29) is 5.03 Å². The van der Waals surface area contributed by atoms with Gasteiger partial charge in [0.15, 0.2) is 3.83 Å². The number of aromatic nitrogens is 2. The lowest BCUT2D eigenvalue weighted by Gasteiger charge is -2.08. The molecule has 72 valence electrons. The minimum Gasteiger partial charge on any atom is -0.231 e. The topological polar surface area (TPSA) is 25.8 Å². The Morgan fingerprint density at radius 3 is 2.54 bits per heavy atom. The van der Waals surface area contributed by atoms with Crippen LogP contribution in [0, 0.1) is 3.83 Å². The van der Waals surface area contributed by atoms with Crippen LogP contribution in [0.2, 0.25) is 0 Å². The first-order chi connectivity index (χ1) is 5.95. The van der Waals surface area contributed by atoms with Crippen molar-refractivity contribution in [2.24, 2.45) is 0 Å². The zero-order valence-corrected chi connectivity index (χ0v) is 9.37. The Balaban J connectivity index is 3.22. The van der Waals surface area contributed by atoms with Gasteiger partial charge in [0.25, 0.3) is 0 Å². The molecule has 0 unspecified atom stereocenters. The molecule has 0 saturated heterocycles. The van der Waals surface area contributed by atoms with Crippen LogP contribution in [0.5, 0.6) is 0 Å². The van der Waals surface area contributed by atoms with E-state index < -0.39 is 11.7 Å². The summed E-state index contributed by atoms with van der Waals surface area (Å²) in [5, 5.41) is -0.0353. The van der Waals surface area contributed by atoms with Crippen LogP contribution in [0.4, 0.5) is 13.2 Å². The Morgan fingerprint density at radius 1 is 1.46 bits per heavy atom. The SMILES string of the molecule is CSc1nc(I)ncc1C(F)(F)F. The Hall–Kier alpha value is -0.0500. The number of halogens is 4. The third kappa shape index (κ3) is 2.70. The molecule has 0 aliphatic carbocycles. The van der Waals surface area contributed by atoms with E-state index in [9.17, 15) is 13.2 Å². The second-order valence-electron chi connectivity index (χ2n) is 2.06. The Kier molecular flexibility index (Phi) is 3.38. The third-order valence-electron chi connectivity index (χ3n) is 1.22. The predicted molar refractivity (Wildman–Crippen MR) is 51.5 cm³/mol. The van der Waals surface area contributed by atoms with Gasteiger partial charge in [0, 0.05) is 28.8 Å². The second kappa shape index (κ2) is 3.99. The average molecular weight is 320 g/mol. The summed E-state index contributed by atoms with van der Waals surface area (Å²) in [7, 11) is 0. The lowest BCUT2D eigenvalue weighted by molar-refractivity contribution is -0.140. The van der Waals surface area contributed by atoms with Crippen molar-refractivity contribution in [1.82, 2.24) is 9.97 Å². The number of hydrogen-bond donors (Lipinski definition) is 0. The molecule has 0 amide bonds. The van der Waals surface area contributed by atoms with Gasteiger partial charge < -0.3 is 0 Å². The summed E-state index contributed by atoms with van der Waals surface area (Å²) < 4.78 is 37.1. The molecule has 0 N–H and O–H groups in total. The van der Waals surface area contributed by atoms with Crippen LogP contribution in [0.15, 0.2) is 11.2 Å². The van der Waals surface area contributed by atoms with Gasteiger partial charge in [-0.05, 0) is 6.26 Å². The van der Waals surface area contributed by atoms with Gasteiger partial charge in [-0.25, -0.2) is 9.97 Å². The van der Waals surface area contributed by atoms with Crippen LogP contribution < -0.4 is 0 Å². The van der Waals surface area contributed by atoms with Crippen molar-refractivity contribution in [1.29, 1.82) is 0 Å². The molecule has 2 nitrogen and oxygen atoms in total. The van der Waals surface area contributed by atoms with Crippen molar-refractivity contribution in [3.63, 3.8) is 0 Å². The molecule has 7 heteroatoms. The molecule has 1 heterocycles. The van der Waals surface area contributed by atoms with Gasteiger partial charge in [0.1, 0.15) is 10.6 Å². The molecule has 0 aromatic carbocycles. The molecule has 0 bridgehead atoms. The first kappa shape index (κ1) is 11.0. The molecule has 0 spiro atoms. The monoisotopic (exact) mass is 320 g/mol. The fourth-order valence-electron chi connectivity index (χ4n) is 0.696. The maximum atomic E-state index is 12.3. The van der Waals surface area contributed by atoms with Gasteiger partial charge in [0.2, 0.25) is 0 Å². The molecule has 13 heavy (non-hydrogen) atoms. The zero-order valence-electron chi connectivity index (χ0n) is 6.39. The van der Waals surface area contributed by atoms with E-state index in [4.69, 9.17) is 0 Å². The first-order valence-corrected chi connectivity index (χ1v) is 5.39. The highest BCUT2D eigenvalue weighted by Gasteiger charge is 2.34. The highest BCUT2D eigenvalue weighted by Crippen LogP contribution is 2.34. The van der Waals surface area contributed by atoms with Crippen molar-refractivity contribution in [2.75, 3.05) is 6.26 Å². The molecular formula is C6H4F3IN2S. The fourth-order valence-corrected chi connectivity index (χ4v) is 1.81. The van der Waals surface area contributed by atoms with Crippen molar-refractivity contribution in [3.05, 3.63) is 15.6 Å². The van der Waals surface area contributed by atoms with Gasteiger partial charge in [-0.3, -0.25) is 0 Å². The summed E-state index contributed by atoms with van der Waals surface area (Å²) in [6.07, 6.45) is -2.02. The van der Waals surface area contributed by atoms with Crippen molar-refractivity contribution < 1.29 is 13.2 Å². The maximum Gasteiger partial charge on any atom is 0.420 e. The molecule has 0 radical (unpaired) electrons. The van der Waals surface area contributed by atoms with E-state index >= 15 is 0 Å². The van der Waals surface area contributed by atoms with Gasteiger partial charge in [-0.15, -0.1) is 11.8 Å². The normalized spacial score (nSPS) is 11.8. The van der Waals surface area contributed by atoms with Crippen LogP contribution in [0.25, 0.3) is 0 Å². The summed E-state index contributed by atoms with van der Waals surface area (Å²) >= 11 is 2.73. The molecule has 1 rings (SSSR count). The largest absolute Gasteiger partial charge is 0.420 e. The number of rotatable bonds is 1. The summed E-state index contributed by atoms with van der Waals surface area (Å²) in [6, 6.07) is 0. The van der Waals surface area contributed by atoms with E-state index in [0.29, 0.717) is 3.83 Å². The van der Waals surface area contributed by atoms with Gasteiger partial charge >= 0.3 is 6.18 Å². The summed E-state index contributed by atoms with van der Waals surface area (Å²) in [6.45, 7) is 0. The molecular weight excluding hydrogens is 316 g/mol. The first-order valence-electron chi connectivity index (χ1n) is 3.09. The molecule has 0 atom stereocenters. The molecule has 0 aliphatic rings. The van der Waals surface area contributed by atoms with E-state index in [1.807, 2.05) is 0 Å². The zero-order chi connectivity index (χ0) is 10.1. The second-order valence-corrected chi connectivity index (χ2v) is 3.82. The van der Waals surface area contributed by atoms with Gasteiger partial charge in [-0.2, -0.15) is 13.2 Å². The Labute approximate surface area is 90.5 Å². The lowest BCUT2D eigenvalue weighted by Crippen LogP contribution is -2.09. The van der Waals surface area contributed by atoms with E-state index in [0.717, 1.165) is 18.0 Å². The summed E-state index contributed by atoms with van der Waals surface area (Å²) in [4.78, 5) is 7.17. The summed E-state index contributed by atoms with van der Waals surface area (Å²) in [5.41, 5.74) is -0.777. The minimum atomic E-state index is -4.37. The molecule has 1 aromatic heterocycles. The minimum absolute atomic E-state index is 0.0353. The van der Waals surface area contributed by atoms with Crippen LogP contribution in [0.1, 0.15) is 5.56 Å².